The van der Waals surface area contributed by atoms with Crippen molar-refractivity contribution in [2.45, 2.75) is 4.74 Å². The second kappa shape index (κ2) is 5.22. The topological polar surface area (TPSA) is 30.5 Å². The highest BCUT2D eigenvalue weighted by Gasteiger charge is 2.27. The molecule has 0 bridgehead atoms. The minimum absolute atomic E-state index is 0.472. The smallest absolute Gasteiger partial charge is 0.408 e. The van der Waals surface area contributed by atoms with Gasteiger partial charge in [-0.1, -0.05) is 0 Å². The van der Waals surface area contributed by atoms with E-state index in [1.807, 2.05) is 0 Å². The molecule has 1 aliphatic rings. The van der Waals surface area contributed by atoms with E-state index < -0.39 is 11.9 Å². The number of alkyl halides is 2. The van der Waals surface area contributed by atoms with Crippen molar-refractivity contribution in [3.63, 3.8) is 0 Å². The molecule has 0 unspecified atom stereocenters. The van der Waals surface area contributed by atoms with Gasteiger partial charge in [0.15, 0.2) is 0 Å². The number of halogens is 2. The fraction of sp³-hybridized carbons (Fsp3) is 1.00. The highest BCUT2D eigenvalue weighted by atomic mass is 35.5. The molecule has 64 valence electrons. The van der Waals surface area contributed by atoms with Crippen LogP contribution in [0.5, 0.6) is 0 Å². The maximum absolute atomic E-state index is 5.58. The largest absolute Gasteiger partial charge is 0.492 e. The summed E-state index contributed by atoms with van der Waals surface area (Å²) < 4.78 is 9.79. The lowest BCUT2D eigenvalue weighted by atomic mass is 9.94. The molecule has 1 saturated heterocycles. The van der Waals surface area contributed by atoms with Crippen molar-refractivity contribution in [2.75, 3.05) is 26.3 Å². The van der Waals surface area contributed by atoms with E-state index in [0.717, 1.165) is 13.1 Å². The summed E-state index contributed by atoms with van der Waals surface area (Å²) in [7, 11) is -0.472. The molecule has 0 saturated carbocycles. The molecule has 1 N–H and O–H groups in total. The monoisotopic (exact) mass is 197 g/mol. The Morgan fingerprint density at radius 1 is 1.18 bits per heavy atom. The van der Waals surface area contributed by atoms with Crippen molar-refractivity contribution in [3.8, 4) is 0 Å². The maximum atomic E-state index is 5.58. The van der Waals surface area contributed by atoms with Crippen molar-refractivity contribution in [2.24, 2.45) is 0 Å². The Kier molecular flexibility index (Phi) is 4.56. The first kappa shape index (κ1) is 9.61. The van der Waals surface area contributed by atoms with Gasteiger partial charge in [0.1, 0.15) is 4.74 Å². The van der Waals surface area contributed by atoms with Crippen molar-refractivity contribution in [1.29, 1.82) is 0 Å². The first-order valence-electron chi connectivity index (χ1n) is 3.53. The van der Waals surface area contributed by atoms with Gasteiger partial charge >= 0.3 is 7.12 Å². The molecular weight excluding hydrogens is 188 g/mol. The Labute approximate surface area is 76.5 Å². The molecule has 11 heavy (non-hydrogen) atoms. The first-order valence-corrected chi connectivity index (χ1v) is 4.40. The summed E-state index contributed by atoms with van der Waals surface area (Å²) in [6, 6.07) is 0. The number of hydrogen-bond acceptors (Lipinski definition) is 3. The Morgan fingerprint density at radius 2 is 1.73 bits per heavy atom. The minimum Gasteiger partial charge on any atom is -0.408 e. The van der Waals surface area contributed by atoms with Gasteiger partial charge < -0.3 is 14.6 Å². The molecule has 0 radical (unpaired) electrons. The minimum atomic E-state index is -0.604. The summed E-state index contributed by atoms with van der Waals surface area (Å²) >= 11 is 11.2. The summed E-state index contributed by atoms with van der Waals surface area (Å²) in [5.41, 5.74) is 0. The molecule has 6 heteroatoms. The van der Waals surface area contributed by atoms with Gasteiger partial charge in [-0.2, -0.15) is 0 Å². The SMILES string of the molecule is ClC(Cl)B1OCCNCCO1. The van der Waals surface area contributed by atoms with Crippen LogP contribution in [-0.4, -0.2) is 38.2 Å². The zero-order chi connectivity index (χ0) is 8.10. The molecule has 0 spiro atoms. The third-order valence-electron chi connectivity index (χ3n) is 1.33. The van der Waals surface area contributed by atoms with Crippen LogP contribution in [0.4, 0.5) is 0 Å². The lowest BCUT2D eigenvalue weighted by Crippen LogP contribution is -2.39. The molecule has 1 heterocycles. The first-order chi connectivity index (χ1) is 5.30. The summed E-state index contributed by atoms with van der Waals surface area (Å²) in [5, 5.41) is 3.11. The van der Waals surface area contributed by atoms with Crippen molar-refractivity contribution >= 4 is 30.3 Å². The summed E-state index contributed by atoms with van der Waals surface area (Å²) in [6.07, 6.45) is 0. The molecule has 0 aromatic heterocycles. The fourth-order valence-electron chi connectivity index (χ4n) is 0.813. The van der Waals surface area contributed by atoms with E-state index in [4.69, 9.17) is 32.5 Å². The van der Waals surface area contributed by atoms with E-state index >= 15 is 0 Å². The highest BCUT2D eigenvalue weighted by Crippen LogP contribution is 2.09. The molecule has 0 aliphatic carbocycles. The fourth-order valence-corrected chi connectivity index (χ4v) is 1.10. The Bertz CT molecular complexity index is 109. The van der Waals surface area contributed by atoms with Crippen LogP contribution in [-0.2, 0) is 9.31 Å². The van der Waals surface area contributed by atoms with Gasteiger partial charge in [0.2, 0.25) is 0 Å². The van der Waals surface area contributed by atoms with Crippen molar-refractivity contribution < 1.29 is 9.31 Å². The van der Waals surface area contributed by atoms with E-state index in [0.29, 0.717) is 13.2 Å². The molecule has 1 aliphatic heterocycles. The quantitative estimate of drug-likeness (QED) is 0.490. The Hall–Kier alpha value is 0.525. The van der Waals surface area contributed by atoms with E-state index in [1.54, 1.807) is 0 Å². The van der Waals surface area contributed by atoms with Crippen molar-refractivity contribution in [1.82, 2.24) is 5.32 Å². The molecular formula is C5H10BCl2NO2. The highest BCUT2D eigenvalue weighted by molar-refractivity contribution is 6.72. The Balaban J connectivity index is 2.26. The second-order valence-electron chi connectivity index (χ2n) is 2.19. The zero-order valence-corrected chi connectivity index (χ0v) is 7.57. The molecule has 0 aromatic rings. The van der Waals surface area contributed by atoms with Gasteiger partial charge in [-0.05, 0) is 0 Å². The van der Waals surface area contributed by atoms with Gasteiger partial charge in [0.05, 0.1) is 0 Å². The van der Waals surface area contributed by atoms with Gasteiger partial charge in [-0.25, -0.2) is 0 Å². The number of hydrogen-bond donors (Lipinski definition) is 1. The van der Waals surface area contributed by atoms with Crippen LogP contribution in [0.1, 0.15) is 0 Å². The molecule has 1 rings (SSSR count). The number of nitrogens with one attached hydrogen (secondary N) is 1. The van der Waals surface area contributed by atoms with Gasteiger partial charge in [-0.3, -0.25) is 0 Å². The normalized spacial score (nSPS) is 21.5. The lowest BCUT2D eigenvalue weighted by molar-refractivity contribution is 0.179. The third kappa shape index (κ3) is 3.63. The van der Waals surface area contributed by atoms with E-state index in [-0.39, 0.29) is 0 Å². The molecule has 0 atom stereocenters. The van der Waals surface area contributed by atoms with Crippen LogP contribution < -0.4 is 5.32 Å². The summed E-state index contributed by atoms with van der Waals surface area (Å²) in [5.74, 6) is 0. The van der Waals surface area contributed by atoms with Crippen LogP contribution in [0.2, 0.25) is 0 Å². The molecule has 1 fully saturated rings. The average molecular weight is 198 g/mol. The predicted molar refractivity (Wildman–Crippen MR) is 46.0 cm³/mol. The molecule has 0 amide bonds. The lowest BCUT2D eigenvalue weighted by Gasteiger charge is -2.18. The summed E-state index contributed by atoms with van der Waals surface area (Å²) in [4.78, 5) is 0. The van der Waals surface area contributed by atoms with E-state index in [2.05, 4.69) is 5.32 Å². The Morgan fingerprint density at radius 3 is 2.18 bits per heavy atom. The van der Waals surface area contributed by atoms with E-state index in [1.165, 1.54) is 0 Å². The second-order valence-corrected chi connectivity index (χ2v) is 3.36. The van der Waals surface area contributed by atoms with Gasteiger partial charge in [-0.15, -0.1) is 23.2 Å². The average Bonchev–Trinajstić information content (AvgIpc) is 1.84. The molecule has 3 nitrogen and oxygen atoms in total. The maximum Gasteiger partial charge on any atom is 0.492 e. The van der Waals surface area contributed by atoms with E-state index in [9.17, 15) is 0 Å². The molecule has 0 aromatic carbocycles. The van der Waals surface area contributed by atoms with Gasteiger partial charge in [0.25, 0.3) is 0 Å². The van der Waals surface area contributed by atoms with Crippen LogP contribution in [0, 0.1) is 0 Å². The third-order valence-corrected chi connectivity index (χ3v) is 1.74. The summed E-state index contributed by atoms with van der Waals surface area (Å²) in [6.45, 7) is 2.81. The van der Waals surface area contributed by atoms with Crippen LogP contribution in [0.3, 0.4) is 0 Å². The van der Waals surface area contributed by atoms with Crippen molar-refractivity contribution in [3.05, 3.63) is 0 Å². The van der Waals surface area contributed by atoms with Crippen LogP contribution >= 0.6 is 23.2 Å². The van der Waals surface area contributed by atoms with Crippen LogP contribution in [0.25, 0.3) is 0 Å². The number of rotatable bonds is 1. The van der Waals surface area contributed by atoms with Crippen LogP contribution in [0.15, 0.2) is 0 Å². The predicted octanol–water partition coefficient (Wildman–Crippen LogP) is 0.454. The standard InChI is InChI=1S/C5H10BCl2NO2/c7-5(8)6-10-3-1-9-2-4-11-6/h5,9H,1-4H2. The zero-order valence-electron chi connectivity index (χ0n) is 6.06. The van der Waals surface area contributed by atoms with Gasteiger partial charge in [0, 0.05) is 26.3 Å².